The lowest BCUT2D eigenvalue weighted by Crippen LogP contribution is -2.29. The van der Waals surface area contributed by atoms with Crippen molar-refractivity contribution in [3.8, 4) is 5.75 Å². The van der Waals surface area contributed by atoms with Gasteiger partial charge in [0.15, 0.2) is 0 Å². The van der Waals surface area contributed by atoms with Crippen molar-refractivity contribution in [2.24, 2.45) is 0 Å². The number of hydrogen-bond donors (Lipinski definition) is 1. The van der Waals surface area contributed by atoms with Gasteiger partial charge in [0.05, 0.1) is 17.7 Å². The predicted octanol–water partition coefficient (Wildman–Crippen LogP) is 5.56. The molecule has 0 spiro atoms. The molecule has 1 saturated heterocycles. The summed E-state index contributed by atoms with van der Waals surface area (Å²) in [4.78, 5) is 32.0. The zero-order valence-electron chi connectivity index (χ0n) is 19.2. The first kappa shape index (κ1) is 23.7. The number of ketones is 1. The fourth-order valence-corrected chi connectivity index (χ4v) is 4.51. The molecule has 1 aliphatic heterocycles. The Kier molecular flexibility index (Phi) is 6.84. The van der Waals surface area contributed by atoms with Crippen molar-refractivity contribution in [1.82, 2.24) is 9.88 Å². The van der Waals surface area contributed by atoms with E-state index in [1.54, 1.807) is 36.7 Å². The molecule has 7 heteroatoms. The minimum absolute atomic E-state index is 0.00692. The van der Waals surface area contributed by atoms with Crippen molar-refractivity contribution in [2.75, 3.05) is 0 Å². The van der Waals surface area contributed by atoms with Gasteiger partial charge in [-0.05, 0) is 73.9 Å². The molecule has 2 aromatic carbocycles. The zero-order chi connectivity index (χ0) is 24.4. The lowest BCUT2D eigenvalue weighted by Gasteiger charge is -2.25. The molecule has 0 aliphatic carbocycles. The molecule has 1 N–H and O–H groups in total. The number of ether oxygens (including phenoxy) is 1. The number of nitrogens with zero attached hydrogens (tertiary/aromatic N) is 2. The quantitative estimate of drug-likeness (QED) is 0.261. The van der Waals surface area contributed by atoms with Crippen molar-refractivity contribution < 1.29 is 19.4 Å². The van der Waals surface area contributed by atoms with E-state index in [9.17, 15) is 14.7 Å². The number of rotatable bonds is 6. The summed E-state index contributed by atoms with van der Waals surface area (Å²) in [6, 6.07) is 15.5. The molecule has 6 nitrogen and oxygen atoms in total. The van der Waals surface area contributed by atoms with Gasteiger partial charge in [-0.15, -0.1) is 0 Å². The van der Waals surface area contributed by atoms with Crippen molar-refractivity contribution >= 4 is 33.4 Å². The van der Waals surface area contributed by atoms with Gasteiger partial charge in [-0.3, -0.25) is 14.6 Å². The minimum Gasteiger partial charge on any atom is -0.507 e. The van der Waals surface area contributed by atoms with Gasteiger partial charge in [0.1, 0.15) is 11.5 Å². The van der Waals surface area contributed by atoms with Gasteiger partial charge >= 0.3 is 0 Å². The summed E-state index contributed by atoms with van der Waals surface area (Å²) in [7, 11) is 0. The number of benzene rings is 2. The number of halogens is 1. The smallest absolute Gasteiger partial charge is 0.295 e. The van der Waals surface area contributed by atoms with E-state index in [0.717, 1.165) is 21.2 Å². The Morgan fingerprint density at radius 3 is 2.59 bits per heavy atom. The Balaban J connectivity index is 1.83. The third-order valence-corrected chi connectivity index (χ3v) is 6.08. The van der Waals surface area contributed by atoms with Crippen LogP contribution in [0, 0.1) is 6.92 Å². The summed E-state index contributed by atoms with van der Waals surface area (Å²) >= 11 is 3.47. The molecule has 1 aromatic heterocycles. The summed E-state index contributed by atoms with van der Waals surface area (Å²) in [5.41, 5.74) is 2.84. The first-order chi connectivity index (χ1) is 16.3. The first-order valence-electron chi connectivity index (χ1n) is 11.0. The summed E-state index contributed by atoms with van der Waals surface area (Å²) < 4.78 is 6.60. The van der Waals surface area contributed by atoms with E-state index in [1.807, 2.05) is 51.1 Å². The Bertz CT molecular complexity index is 1270. The summed E-state index contributed by atoms with van der Waals surface area (Å²) in [6.07, 6.45) is 3.32. The highest BCUT2D eigenvalue weighted by Gasteiger charge is 2.46. The number of carbonyl (C=O) groups excluding carboxylic acids is 2. The van der Waals surface area contributed by atoms with Gasteiger partial charge in [-0.2, -0.15) is 0 Å². The number of likely N-dealkylation sites (tertiary alicyclic amines) is 1. The molecular weight excluding hydrogens is 496 g/mol. The molecule has 34 heavy (non-hydrogen) atoms. The van der Waals surface area contributed by atoms with Crippen LogP contribution in [0.5, 0.6) is 5.75 Å². The van der Waals surface area contributed by atoms with Gasteiger partial charge in [-0.25, -0.2) is 0 Å². The zero-order valence-corrected chi connectivity index (χ0v) is 20.7. The van der Waals surface area contributed by atoms with E-state index in [0.29, 0.717) is 11.3 Å². The van der Waals surface area contributed by atoms with Crippen LogP contribution >= 0.6 is 15.9 Å². The van der Waals surface area contributed by atoms with Crippen LogP contribution in [0.15, 0.2) is 77.0 Å². The molecule has 0 bridgehead atoms. The van der Waals surface area contributed by atoms with Crippen LogP contribution in [-0.2, 0) is 16.1 Å². The fraction of sp³-hybridized carbons (Fsp3) is 0.222. The molecule has 174 valence electrons. The van der Waals surface area contributed by atoms with Crippen LogP contribution in [0.25, 0.3) is 5.76 Å². The van der Waals surface area contributed by atoms with E-state index in [1.165, 1.54) is 4.90 Å². The molecule has 1 fully saturated rings. The lowest BCUT2D eigenvalue weighted by molar-refractivity contribution is -0.140. The normalized spacial score (nSPS) is 17.4. The van der Waals surface area contributed by atoms with Crippen molar-refractivity contribution in [3.63, 3.8) is 0 Å². The van der Waals surface area contributed by atoms with Crippen molar-refractivity contribution in [3.05, 3.63) is 99.3 Å². The monoisotopic (exact) mass is 520 g/mol. The molecule has 0 saturated carbocycles. The number of aryl methyl sites for hydroxylation is 1. The van der Waals surface area contributed by atoms with E-state index in [-0.39, 0.29) is 24.0 Å². The SMILES string of the molecule is Cc1cc(C(O)=C2C(=O)C(=O)N(Cc3cccnc3)[C@H]2c2cccc(Br)c2)ccc1OC(C)C. The molecule has 1 atom stereocenters. The standard InChI is InChI=1S/C27H25BrN2O4/c1-16(2)34-22-10-9-20(12-17(22)3)25(31)23-24(19-7-4-8-21(28)13-19)30(27(33)26(23)32)15-18-6-5-11-29-14-18/h4-14,16,24,31H,15H2,1-3H3/t24-/m0/s1. The highest BCUT2D eigenvalue weighted by atomic mass is 79.9. The number of Topliss-reactive ketones (excluding diaryl/α,β-unsaturated/α-hetero) is 1. The van der Waals surface area contributed by atoms with Crippen molar-refractivity contribution in [2.45, 2.75) is 39.5 Å². The number of aromatic nitrogens is 1. The van der Waals surface area contributed by atoms with Gasteiger partial charge in [-0.1, -0.05) is 34.1 Å². The topological polar surface area (TPSA) is 79.7 Å². The number of carbonyl (C=O) groups is 2. The highest BCUT2D eigenvalue weighted by molar-refractivity contribution is 9.10. The van der Waals surface area contributed by atoms with Gasteiger partial charge in [0.2, 0.25) is 0 Å². The second kappa shape index (κ2) is 9.81. The largest absolute Gasteiger partial charge is 0.507 e. The molecule has 3 aromatic rings. The summed E-state index contributed by atoms with van der Waals surface area (Å²) in [5.74, 6) is -0.887. The predicted molar refractivity (Wildman–Crippen MR) is 133 cm³/mol. The van der Waals surface area contributed by atoms with Crippen LogP contribution < -0.4 is 4.74 Å². The Morgan fingerprint density at radius 2 is 1.94 bits per heavy atom. The summed E-state index contributed by atoms with van der Waals surface area (Å²) in [6.45, 7) is 5.94. The van der Waals surface area contributed by atoms with E-state index >= 15 is 0 Å². The molecule has 2 heterocycles. The molecule has 1 aliphatic rings. The Morgan fingerprint density at radius 1 is 1.15 bits per heavy atom. The van der Waals surface area contributed by atoms with Crippen LogP contribution in [0.1, 0.15) is 42.1 Å². The third kappa shape index (κ3) is 4.75. The van der Waals surface area contributed by atoms with Crippen molar-refractivity contribution in [1.29, 1.82) is 0 Å². The number of amides is 1. The van der Waals surface area contributed by atoms with Crippen LogP contribution in [0.4, 0.5) is 0 Å². The maximum atomic E-state index is 13.2. The maximum Gasteiger partial charge on any atom is 0.295 e. The highest BCUT2D eigenvalue weighted by Crippen LogP contribution is 2.41. The average molecular weight is 521 g/mol. The van der Waals surface area contributed by atoms with Crippen LogP contribution in [0.2, 0.25) is 0 Å². The molecule has 1 amide bonds. The van der Waals surface area contributed by atoms with E-state index in [2.05, 4.69) is 20.9 Å². The van der Waals surface area contributed by atoms with E-state index < -0.39 is 17.7 Å². The van der Waals surface area contributed by atoms with Crippen LogP contribution in [0.3, 0.4) is 0 Å². The molecular formula is C27H25BrN2O4. The summed E-state index contributed by atoms with van der Waals surface area (Å²) in [5, 5.41) is 11.3. The Labute approximate surface area is 207 Å². The molecule has 0 unspecified atom stereocenters. The molecule has 4 rings (SSSR count). The van der Waals surface area contributed by atoms with E-state index in [4.69, 9.17) is 4.74 Å². The third-order valence-electron chi connectivity index (χ3n) is 5.59. The van der Waals surface area contributed by atoms with Gasteiger partial charge in [0.25, 0.3) is 11.7 Å². The fourth-order valence-electron chi connectivity index (χ4n) is 4.09. The number of hydrogen-bond acceptors (Lipinski definition) is 5. The van der Waals surface area contributed by atoms with Crippen LogP contribution in [-0.4, -0.2) is 32.8 Å². The minimum atomic E-state index is -0.746. The first-order valence-corrected chi connectivity index (χ1v) is 11.8. The van der Waals surface area contributed by atoms with Gasteiger partial charge < -0.3 is 14.7 Å². The molecule has 0 radical (unpaired) electrons. The number of aliphatic hydroxyl groups is 1. The maximum absolute atomic E-state index is 13.2. The second-order valence-electron chi connectivity index (χ2n) is 8.49. The lowest BCUT2D eigenvalue weighted by atomic mass is 9.94. The van der Waals surface area contributed by atoms with Gasteiger partial charge in [0, 0.05) is 29.0 Å². The number of pyridine rings is 1. The average Bonchev–Trinajstić information content (AvgIpc) is 3.05. The number of aliphatic hydroxyl groups excluding tert-OH is 1. The second-order valence-corrected chi connectivity index (χ2v) is 9.41. The Hall–Kier alpha value is -3.45.